The molecule has 0 N–H and O–H groups in total. The van der Waals surface area contributed by atoms with Gasteiger partial charge in [0.05, 0.1) is 0 Å². The van der Waals surface area contributed by atoms with Gasteiger partial charge in [-0.1, -0.05) is 0 Å². The average Bonchev–Trinajstić information content (AvgIpc) is 2.16. The van der Waals surface area contributed by atoms with Crippen LogP contribution in [0, 0.1) is 0 Å². The van der Waals surface area contributed by atoms with Crippen LogP contribution < -0.4 is 174 Å². The van der Waals surface area contributed by atoms with Gasteiger partial charge in [0.1, 0.15) is 0 Å². The standard InChI is InChI=1S/3Al.3Li.8H3O4P.3Ti/c;;;;;;8*1-5(2,3)4;;;/h;;;;;;8*(H3,1,2,3,4);;;/q3*+3;3*+1;;;;;;;;;3*+4/p-24. The monoisotopic (exact) mass is 1010 g/mol. The van der Waals surface area contributed by atoms with Gasteiger partial charge in [-0.3, -0.25) is 0 Å². The molecule has 0 bridgehead atoms. The third-order valence-electron chi connectivity index (χ3n) is 0. The molecule has 0 rings (SSSR count). The quantitative estimate of drug-likeness (QED) is 0.161. The molecule has 0 spiro atoms. The van der Waals surface area contributed by atoms with Crippen LogP contribution in [0.25, 0.3) is 0 Å². The van der Waals surface area contributed by atoms with Crippen molar-refractivity contribution >= 4 is 115 Å². The molecular weight excluding hydrogens is 1010 g/mol. The van der Waals surface area contributed by atoms with Gasteiger partial charge >= 0.3 is 174 Å². The van der Waals surface area contributed by atoms with Crippen LogP contribution in [0.15, 0.2) is 0 Å². The summed E-state index contributed by atoms with van der Waals surface area (Å²) in [6.45, 7) is 0. The van der Waals surface area contributed by atoms with Crippen molar-refractivity contribution in [3.05, 3.63) is 0 Å². The van der Waals surface area contributed by atoms with Crippen molar-refractivity contribution in [2.45, 2.75) is 0 Å². The Morgan fingerprint density at radius 2 is 0.184 bits per heavy atom. The molecule has 0 fully saturated rings. The molecule has 49 heavy (non-hydrogen) atoms. The Hall–Kier alpha value is 6.41. The molecular formula is Al3Li3O32P8Ti3. The second-order valence-electron chi connectivity index (χ2n) is 3.58. The maximum Gasteiger partial charge on any atom is 4.00 e. The molecule has 0 aromatic heterocycles. The van der Waals surface area contributed by atoms with E-state index in [1.807, 2.05) is 0 Å². The van der Waals surface area contributed by atoms with Gasteiger partial charge in [-0.15, -0.1) is 0 Å². The largest absolute Gasteiger partial charge is 4.00 e. The van der Waals surface area contributed by atoms with E-state index in [2.05, 4.69) is 0 Å². The molecule has 0 aliphatic heterocycles. The molecule has 0 atom stereocenters. The maximum atomic E-state index is 8.55. The Labute approximate surface area is 385 Å². The third-order valence-corrected chi connectivity index (χ3v) is 0. The van der Waals surface area contributed by atoms with Gasteiger partial charge in [0.25, 0.3) is 0 Å². The fraction of sp³-hybridized carbons (Fsp3) is 0. The van der Waals surface area contributed by atoms with Crippen molar-refractivity contribution < 1.29 is 276 Å². The summed E-state index contributed by atoms with van der Waals surface area (Å²) in [5.41, 5.74) is 0. The maximum absolute atomic E-state index is 8.55. The summed E-state index contributed by atoms with van der Waals surface area (Å²) in [6.07, 6.45) is 0. The molecule has 0 amide bonds. The van der Waals surface area contributed by atoms with Crippen molar-refractivity contribution in [3.8, 4) is 0 Å². The van der Waals surface area contributed by atoms with Gasteiger partial charge in [-0.05, 0) is 0 Å². The van der Waals surface area contributed by atoms with E-state index in [-0.39, 0.29) is 174 Å². The van der Waals surface area contributed by atoms with Gasteiger partial charge in [-0.2, -0.15) is 62.6 Å². The third kappa shape index (κ3) is 3640. The van der Waals surface area contributed by atoms with Crippen LogP contribution in [0.3, 0.4) is 0 Å². The van der Waals surface area contributed by atoms with Crippen molar-refractivity contribution in [3.63, 3.8) is 0 Å². The first-order valence-electron chi connectivity index (χ1n) is 5.84. The van der Waals surface area contributed by atoms with Gasteiger partial charge < -0.3 is 154 Å². The molecule has 0 heterocycles. The minimum Gasteiger partial charge on any atom is -0.822 e. The Bertz CT molecular complexity index is 686. The van der Waals surface area contributed by atoms with Gasteiger partial charge in [0.2, 0.25) is 0 Å². The molecule has 0 aromatic carbocycles. The van der Waals surface area contributed by atoms with Gasteiger partial charge in [0.15, 0.2) is 0 Å². The average molecular weight is 1010 g/mol. The molecule has 0 saturated heterocycles. The van der Waals surface area contributed by atoms with E-state index in [0.717, 1.165) is 0 Å². The van der Waals surface area contributed by atoms with Crippen LogP contribution in [0.2, 0.25) is 0 Å². The van der Waals surface area contributed by atoms with Gasteiger partial charge in [0, 0.05) is 0 Å². The topological polar surface area (TPSA) is 690 Å². The van der Waals surface area contributed by atoms with Crippen LogP contribution in [0.4, 0.5) is 0 Å². The predicted molar refractivity (Wildman–Crippen MR) is 78.1 cm³/mol. The first kappa shape index (κ1) is 111. The predicted octanol–water partition coefficient (Wildman–Crippen LogP) is -32.7. The van der Waals surface area contributed by atoms with Crippen LogP contribution in [-0.4, -0.2) is 52.1 Å². The molecule has 0 unspecified atom stereocenters. The van der Waals surface area contributed by atoms with E-state index >= 15 is 0 Å². The summed E-state index contributed by atoms with van der Waals surface area (Å²) in [4.78, 5) is 205. The minimum absolute atomic E-state index is 0. The smallest absolute Gasteiger partial charge is 0.822 e. The van der Waals surface area contributed by atoms with E-state index in [1.54, 1.807) is 0 Å². The SMILES string of the molecule is O=P([O-])([O-])[O-].O=P([O-])([O-])[O-].O=P([O-])([O-])[O-].O=P([O-])([O-])[O-].O=P([O-])([O-])[O-].O=P([O-])([O-])[O-].O=P([O-])([O-])[O-].O=P([O-])([O-])[O-].[Al+3].[Al+3].[Al+3].[Li+].[Li+].[Li+].[Ti+4].[Ti+4].[Ti+4]. The zero-order valence-electron chi connectivity index (χ0n) is 22.9. The van der Waals surface area contributed by atoms with Crippen molar-refractivity contribution in [2.75, 3.05) is 0 Å². The Balaban J connectivity index is -0.0000000155. The summed E-state index contributed by atoms with van der Waals surface area (Å²) < 4.78 is 68.4. The number of hydrogen-bond donors (Lipinski definition) is 0. The fourth-order valence-electron chi connectivity index (χ4n) is 0. The number of hydrogen-bond acceptors (Lipinski definition) is 32. The number of phosphoric acid groups is 8. The Morgan fingerprint density at radius 3 is 0.184 bits per heavy atom. The molecule has 49 heteroatoms. The molecule has 256 valence electrons. The summed E-state index contributed by atoms with van der Waals surface area (Å²) >= 11 is 0. The second-order valence-corrected chi connectivity index (χ2v) is 10.7. The molecule has 0 radical (unpaired) electrons. The summed E-state index contributed by atoms with van der Waals surface area (Å²) in [5, 5.41) is 0. The fourth-order valence-corrected chi connectivity index (χ4v) is 0. The number of rotatable bonds is 0. The van der Waals surface area contributed by atoms with Crippen LogP contribution >= 0.6 is 62.6 Å². The van der Waals surface area contributed by atoms with Crippen molar-refractivity contribution in [1.82, 2.24) is 0 Å². The molecule has 0 aliphatic carbocycles. The van der Waals surface area contributed by atoms with E-state index < -0.39 is 62.6 Å². The molecule has 0 saturated carbocycles. The minimum atomic E-state index is -5.39. The van der Waals surface area contributed by atoms with Gasteiger partial charge in [-0.25, -0.2) is 0 Å². The second kappa shape index (κ2) is 52.4. The summed E-state index contributed by atoms with van der Waals surface area (Å²) in [7, 11) is -43.1. The van der Waals surface area contributed by atoms with Crippen LogP contribution in [0.5, 0.6) is 0 Å². The summed E-state index contributed by atoms with van der Waals surface area (Å²) in [5.74, 6) is 0. The summed E-state index contributed by atoms with van der Waals surface area (Å²) in [6, 6.07) is 0. The Kier molecular flexibility index (Phi) is 119. The Morgan fingerprint density at radius 1 is 0.184 bits per heavy atom. The molecule has 32 nitrogen and oxygen atoms in total. The molecule has 0 aliphatic rings. The zero-order chi connectivity index (χ0) is 36.0. The normalized spacial score (nSPS) is 9.63. The van der Waals surface area contributed by atoms with Crippen molar-refractivity contribution in [1.29, 1.82) is 0 Å². The van der Waals surface area contributed by atoms with E-state index in [1.165, 1.54) is 0 Å². The van der Waals surface area contributed by atoms with E-state index in [0.29, 0.717) is 0 Å². The first-order valence-corrected chi connectivity index (χ1v) is 17.5. The van der Waals surface area contributed by atoms with Crippen molar-refractivity contribution in [2.24, 2.45) is 0 Å². The van der Waals surface area contributed by atoms with E-state index in [9.17, 15) is 0 Å². The molecule has 0 aromatic rings. The first-order chi connectivity index (χ1) is 16.0. The van der Waals surface area contributed by atoms with Crippen LogP contribution in [-0.2, 0) is 102 Å². The zero-order valence-corrected chi connectivity index (χ0v) is 38.2. The van der Waals surface area contributed by atoms with Crippen LogP contribution in [0.1, 0.15) is 0 Å². The van der Waals surface area contributed by atoms with E-state index in [4.69, 9.17) is 154 Å².